The van der Waals surface area contributed by atoms with Gasteiger partial charge in [0.2, 0.25) is 11.8 Å². The standard InChI is InChI=1S/C10H13N3O/c1-4-8(3)14-9-6-7-12-10(13-9)11-5-2/h1,6-8H,5H2,2-3H3,(H,11,12,13). The maximum atomic E-state index is 5.32. The van der Waals surface area contributed by atoms with Gasteiger partial charge in [-0.2, -0.15) is 4.98 Å². The van der Waals surface area contributed by atoms with E-state index in [1.54, 1.807) is 19.2 Å². The number of terminal acetylenes is 1. The van der Waals surface area contributed by atoms with Crippen LogP contribution in [0.25, 0.3) is 0 Å². The lowest BCUT2D eigenvalue weighted by molar-refractivity contribution is 0.268. The predicted molar refractivity (Wildman–Crippen MR) is 55.1 cm³/mol. The zero-order valence-electron chi connectivity index (χ0n) is 8.32. The van der Waals surface area contributed by atoms with E-state index in [1.165, 1.54) is 0 Å². The van der Waals surface area contributed by atoms with E-state index in [-0.39, 0.29) is 6.10 Å². The zero-order chi connectivity index (χ0) is 10.4. The summed E-state index contributed by atoms with van der Waals surface area (Å²) in [7, 11) is 0. The number of hydrogen-bond donors (Lipinski definition) is 1. The van der Waals surface area contributed by atoms with Gasteiger partial charge in [0.25, 0.3) is 0 Å². The molecule has 1 unspecified atom stereocenters. The summed E-state index contributed by atoms with van der Waals surface area (Å²) in [5.41, 5.74) is 0. The van der Waals surface area contributed by atoms with Crippen molar-refractivity contribution in [1.29, 1.82) is 0 Å². The lowest BCUT2D eigenvalue weighted by atomic mass is 10.4. The second kappa shape index (κ2) is 5.07. The summed E-state index contributed by atoms with van der Waals surface area (Å²) in [6, 6.07) is 1.68. The molecule has 0 aliphatic carbocycles. The van der Waals surface area contributed by atoms with Crippen molar-refractivity contribution in [3.8, 4) is 18.2 Å². The zero-order valence-corrected chi connectivity index (χ0v) is 8.32. The van der Waals surface area contributed by atoms with E-state index in [0.717, 1.165) is 6.54 Å². The van der Waals surface area contributed by atoms with Crippen molar-refractivity contribution in [1.82, 2.24) is 9.97 Å². The third kappa shape index (κ3) is 2.94. The smallest absolute Gasteiger partial charge is 0.225 e. The molecule has 0 saturated carbocycles. The van der Waals surface area contributed by atoms with E-state index in [2.05, 4.69) is 21.2 Å². The largest absolute Gasteiger partial charge is 0.461 e. The number of nitrogens with one attached hydrogen (secondary N) is 1. The first kappa shape index (κ1) is 10.3. The van der Waals surface area contributed by atoms with Crippen molar-refractivity contribution in [3.63, 3.8) is 0 Å². The van der Waals surface area contributed by atoms with E-state index < -0.39 is 0 Å². The molecule has 1 rings (SSSR count). The molecule has 4 heteroatoms. The second-order valence-electron chi connectivity index (χ2n) is 2.68. The van der Waals surface area contributed by atoms with E-state index in [4.69, 9.17) is 11.2 Å². The Morgan fingerprint density at radius 2 is 2.50 bits per heavy atom. The van der Waals surface area contributed by atoms with Crippen LogP contribution in [0.15, 0.2) is 12.3 Å². The Hall–Kier alpha value is -1.76. The topological polar surface area (TPSA) is 47.0 Å². The van der Waals surface area contributed by atoms with Crippen molar-refractivity contribution >= 4 is 5.95 Å². The van der Waals surface area contributed by atoms with Crippen molar-refractivity contribution in [2.24, 2.45) is 0 Å². The molecule has 0 bridgehead atoms. The highest BCUT2D eigenvalue weighted by Crippen LogP contribution is 2.09. The van der Waals surface area contributed by atoms with Gasteiger partial charge < -0.3 is 10.1 Å². The lowest BCUT2D eigenvalue weighted by Crippen LogP contribution is -2.10. The molecular weight excluding hydrogens is 178 g/mol. The van der Waals surface area contributed by atoms with Gasteiger partial charge in [-0.3, -0.25) is 0 Å². The SMILES string of the molecule is C#CC(C)Oc1ccnc(NCC)n1. The minimum absolute atomic E-state index is 0.278. The second-order valence-corrected chi connectivity index (χ2v) is 2.68. The highest BCUT2D eigenvalue weighted by atomic mass is 16.5. The molecule has 0 saturated heterocycles. The molecule has 1 heterocycles. The summed E-state index contributed by atoms with van der Waals surface area (Å²) >= 11 is 0. The summed E-state index contributed by atoms with van der Waals surface area (Å²) in [5, 5.41) is 2.99. The maximum Gasteiger partial charge on any atom is 0.225 e. The van der Waals surface area contributed by atoms with Gasteiger partial charge in [0, 0.05) is 18.8 Å². The molecule has 0 fully saturated rings. The van der Waals surface area contributed by atoms with Gasteiger partial charge in [-0.05, 0) is 13.8 Å². The Morgan fingerprint density at radius 1 is 1.71 bits per heavy atom. The van der Waals surface area contributed by atoms with Crippen LogP contribution in [-0.2, 0) is 0 Å². The van der Waals surface area contributed by atoms with Crippen LogP contribution in [0.4, 0.5) is 5.95 Å². The van der Waals surface area contributed by atoms with Gasteiger partial charge in [0.15, 0.2) is 6.10 Å². The summed E-state index contributed by atoms with van der Waals surface area (Å²) in [5.74, 6) is 3.50. The van der Waals surface area contributed by atoms with Crippen LogP contribution in [0.1, 0.15) is 13.8 Å². The average molecular weight is 191 g/mol. The van der Waals surface area contributed by atoms with Crippen LogP contribution in [0, 0.1) is 12.3 Å². The van der Waals surface area contributed by atoms with E-state index in [0.29, 0.717) is 11.8 Å². The van der Waals surface area contributed by atoms with Crippen molar-refractivity contribution in [2.45, 2.75) is 20.0 Å². The molecule has 14 heavy (non-hydrogen) atoms. The fourth-order valence-electron chi connectivity index (χ4n) is 0.866. The molecule has 1 atom stereocenters. The molecule has 0 aromatic carbocycles. The van der Waals surface area contributed by atoms with Gasteiger partial charge in [0.1, 0.15) is 0 Å². The van der Waals surface area contributed by atoms with Gasteiger partial charge in [-0.25, -0.2) is 4.98 Å². The molecule has 0 aliphatic heterocycles. The Labute approximate surface area is 83.7 Å². The van der Waals surface area contributed by atoms with E-state index in [1.807, 2.05) is 6.92 Å². The monoisotopic (exact) mass is 191 g/mol. The number of ether oxygens (including phenoxy) is 1. The van der Waals surface area contributed by atoms with Gasteiger partial charge >= 0.3 is 0 Å². The molecule has 0 aliphatic rings. The fourth-order valence-corrected chi connectivity index (χ4v) is 0.866. The predicted octanol–water partition coefficient (Wildman–Crippen LogP) is 1.31. The molecule has 0 amide bonds. The van der Waals surface area contributed by atoms with Gasteiger partial charge in [-0.15, -0.1) is 6.42 Å². The van der Waals surface area contributed by atoms with Crippen molar-refractivity contribution in [2.75, 3.05) is 11.9 Å². The average Bonchev–Trinajstić information content (AvgIpc) is 2.19. The molecule has 0 spiro atoms. The van der Waals surface area contributed by atoms with Crippen LogP contribution in [0.5, 0.6) is 5.88 Å². The number of aromatic nitrogens is 2. The minimum Gasteiger partial charge on any atom is -0.461 e. The Bertz CT molecular complexity index is 332. The quantitative estimate of drug-likeness (QED) is 0.729. The number of nitrogens with zero attached hydrogens (tertiary/aromatic N) is 2. The highest BCUT2D eigenvalue weighted by molar-refractivity contribution is 5.27. The number of anilines is 1. The first-order chi connectivity index (χ1) is 6.76. The van der Waals surface area contributed by atoms with Crippen LogP contribution < -0.4 is 10.1 Å². The molecule has 0 radical (unpaired) electrons. The normalized spacial score (nSPS) is 11.5. The maximum absolute atomic E-state index is 5.32. The number of hydrogen-bond acceptors (Lipinski definition) is 4. The third-order valence-electron chi connectivity index (χ3n) is 1.50. The summed E-state index contributed by atoms with van der Waals surface area (Å²) in [4.78, 5) is 8.12. The van der Waals surface area contributed by atoms with E-state index >= 15 is 0 Å². The van der Waals surface area contributed by atoms with Gasteiger partial charge in [0.05, 0.1) is 0 Å². The minimum atomic E-state index is -0.278. The third-order valence-corrected chi connectivity index (χ3v) is 1.50. The lowest BCUT2D eigenvalue weighted by Gasteiger charge is -2.08. The summed E-state index contributed by atoms with van der Waals surface area (Å²) in [6.45, 7) is 4.53. The molecule has 4 nitrogen and oxygen atoms in total. The summed E-state index contributed by atoms with van der Waals surface area (Å²) < 4.78 is 5.32. The first-order valence-corrected chi connectivity index (χ1v) is 4.46. The van der Waals surface area contributed by atoms with E-state index in [9.17, 15) is 0 Å². The van der Waals surface area contributed by atoms with Gasteiger partial charge in [-0.1, -0.05) is 5.92 Å². The molecule has 1 aromatic rings. The Morgan fingerprint density at radius 3 is 3.14 bits per heavy atom. The van der Waals surface area contributed by atoms with Crippen LogP contribution in [0.3, 0.4) is 0 Å². The first-order valence-electron chi connectivity index (χ1n) is 4.46. The van der Waals surface area contributed by atoms with Crippen LogP contribution in [0.2, 0.25) is 0 Å². The Balaban J connectivity index is 2.69. The Kier molecular flexibility index (Phi) is 3.74. The van der Waals surface area contributed by atoms with Crippen molar-refractivity contribution in [3.05, 3.63) is 12.3 Å². The summed E-state index contributed by atoms with van der Waals surface area (Å²) in [6.07, 6.45) is 6.53. The van der Waals surface area contributed by atoms with Crippen molar-refractivity contribution < 1.29 is 4.74 Å². The molecular formula is C10H13N3O. The van der Waals surface area contributed by atoms with Crippen LogP contribution >= 0.6 is 0 Å². The fraction of sp³-hybridized carbons (Fsp3) is 0.400. The molecule has 1 aromatic heterocycles. The molecule has 1 N–H and O–H groups in total. The molecule has 74 valence electrons. The highest BCUT2D eigenvalue weighted by Gasteiger charge is 2.02. The van der Waals surface area contributed by atoms with Crippen LogP contribution in [-0.4, -0.2) is 22.6 Å². The number of rotatable bonds is 4.